The minimum absolute atomic E-state index is 0.0206. The van der Waals surface area contributed by atoms with Crippen molar-refractivity contribution in [3.05, 3.63) is 53.1 Å². The number of fused-ring (bicyclic) bond motifs is 1. The Morgan fingerprint density at radius 1 is 1.05 bits per heavy atom. The number of amides is 1. The van der Waals surface area contributed by atoms with Crippen LogP contribution in [0.3, 0.4) is 0 Å². The van der Waals surface area contributed by atoms with Crippen molar-refractivity contribution in [2.24, 2.45) is 0 Å². The summed E-state index contributed by atoms with van der Waals surface area (Å²) in [5, 5.41) is 13.4. The van der Waals surface area contributed by atoms with Crippen LogP contribution >= 0.6 is 0 Å². The fourth-order valence-electron chi connectivity index (χ4n) is 2.63. The number of hydrogen-bond donors (Lipinski definition) is 2. The fourth-order valence-corrected chi connectivity index (χ4v) is 2.63. The number of methoxy groups -OCH3 is 2. The minimum Gasteiger partial charge on any atom is -0.493 e. The van der Waals surface area contributed by atoms with Gasteiger partial charge in [-0.15, -0.1) is 0 Å². The van der Waals surface area contributed by atoms with E-state index in [0.29, 0.717) is 23.5 Å². The summed E-state index contributed by atoms with van der Waals surface area (Å²) < 4.78 is 10.5. The quantitative estimate of drug-likeness (QED) is 0.909. The van der Waals surface area contributed by atoms with Gasteiger partial charge in [-0.3, -0.25) is 4.79 Å². The zero-order valence-corrected chi connectivity index (χ0v) is 12.4. The maximum Gasteiger partial charge on any atom is 0.228 e. The number of nitrogens with one attached hydrogen (secondary N) is 1. The fraction of sp³-hybridized carbons (Fsp3) is 0.235. The van der Waals surface area contributed by atoms with Gasteiger partial charge in [-0.1, -0.05) is 18.2 Å². The first-order valence-corrected chi connectivity index (χ1v) is 6.95. The van der Waals surface area contributed by atoms with E-state index in [1.54, 1.807) is 32.4 Å². The lowest BCUT2D eigenvalue weighted by Crippen LogP contribution is -2.03. The smallest absolute Gasteiger partial charge is 0.228 e. The molecular formula is C17H17NO4. The Bertz CT molecular complexity index is 727. The van der Waals surface area contributed by atoms with Crippen molar-refractivity contribution >= 4 is 11.6 Å². The maximum absolute atomic E-state index is 11.4. The van der Waals surface area contributed by atoms with Crippen LogP contribution in [-0.2, 0) is 11.2 Å². The van der Waals surface area contributed by atoms with Crippen LogP contribution in [-0.4, -0.2) is 25.2 Å². The van der Waals surface area contributed by atoms with Gasteiger partial charge < -0.3 is 19.9 Å². The zero-order valence-electron chi connectivity index (χ0n) is 12.4. The number of hydrogen-bond acceptors (Lipinski definition) is 4. The third kappa shape index (κ3) is 2.51. The van der Waals surface area contributed by atoms with Crippen LogP contribution in [0.2, 0.25) is 0 Å². The summed E-state index contributed by atoms with van der Waals surface area (Å²) in [6, 6.07) is 10.8. The molecule has 1 aliphatic heterocycles. The Labute approximate surface area is 128 Å². The SMILES string of the molecule is COc1ccc(C(O)c2ccc3c(c2)CC(=O)N3)cc1OC. The van der Waals surface area contributed by atoms with Gasteiger partial charge in [0.15, 0.2) is 11.5 Å². The highest BCUT2D eigenvalue weighted by Crippen LogP contribution is 2.34. The summed E-state index contributed by atoms with van der Waals surface area (Å²) in [5.74, 6) is 1.16. The summed E-state index contributed by atoms with van der Waals surface area (Å²) in [4.78, 5) is 11.4. The maximum atomic E-state index is 11.4. The van der Waals surface area contributed by atoms with Crippen molar-refractivity contribution in [1.82, 2.24) is 0 Å². The lowest BCUT2D eigenvalue weighted by atomic mass is 9.98. The van der Waals surface area contributed by atoms with Crippen molar-refractivity contribution in [2.75, 3.05) is 19.5 Å². The summed E-state index contributed by atoms with van der Waals surface area (Å²) in [7, 11) is 3.12. The van der Waals surface area contributed by atoms with Crippen LogP contribution in [0.1, 0.15) is 22.8 Å². The first-order chi connectivity index (χ1) is 10.6. The first kappa shape index (κ1) is 14.4. The third-order valence-electron chi connectivity index (χ3n) is 3.79. The number of rotatable bonds is 4. The van der Waals surface area contributed by atoms with Crippen molar-refractivity contribution < 1.29 is 19.4 Å². The highest BCUT2D eigenvalue weighted by atomic mass is 16.5. The molecule has 1 heterocycles. The van der Waals surface area contributed by atoms with Crippen LogP contribution in [0.25, 0.3) is 0 Å². The molecule has 2 aromatic carbocycles. The second kappa shape index (κ2) is 5.69. The predicted octanol–water partition coefficient (Wildman–Crippen LogP) is 2.28. The molecule has 5 heteroatoms. The van der Waals surface area contributed by atoms with Crippen LogP contribution in [0.15, 0.2) is 36.4 Å². The molecule has 1 amide bonds. The van der Waals surface area contributed by atoms with Crippen molar-refractivity contribution in [1.29, 1.82) is 0 Å². The summed E-state index contributed by atoms with van der Waals surface area (Å²) >= 11 is 0. The Hall–Kier alpha value is -2.53. The van der Waals surface area contributed by atoms with E-state index in [9.17, 15) is 9.90 Å². The lowest BCUT2D eigenvalue weighted by molar-refractivity contribution is -0.115. The van der Waals surface area contributed by atoms with E-state index in [1.165, 1.54) is 0 Å². The number of carbonyl (C=O) groups is 1. The molecule has 0 spiro atoms. The highest BCUT2D eigenvalue weighted by molar-refractivity contribution is 5.99. The van der Waals surface area contributed by atoms with Gasteiger partial charge in [-0.2, -0.15) is 0 Å². The van der Waals surface area contributed by atoms with E-state index in [0.717, 1.165) is 16.8 Å². The van der Waals surface area contributed by atoms with Gasteiger partial charge in [-0.25, -0.2) is 0 Å². The van der Waals surface area contributed by atoms with E-state index < -0.39 is 6.10 Å². The molecule has 114 valence electrons. The van der Waals surface area contributed by atoms with Gasteiger partial charge in [0.2, 0.25) is 5.91 Å². The number of anilines is 1. The van der Waals surface area contributed by atoms with Crippen LogP contribution in [0.5, 0.6) is 11.5 Å². The number of aliphatic hydroxyl groups is 1. The molecule has 0 aliphatic carbocycles. The van der Waals surface area contributed by atoms with Gasteiger partial charge in [-0.05, 0) is 34.9 Å². The summed E-state index contributed by atoms with van der Waals surface area (Å²) in [5.41, 5.74) is 3.16. The Morgan fingerprint density at radius 3 is 2.45 bits per heavy atom. The van der Waals surface area contributed by atoms with Crippen LogP contribution < -0.4 is 14.8 Å². The van der Waals surface area contributed by atoms with E-state index >= 15 is 0 Å². The molecule has 0 fully saturated rings. The first-order valence-electron chi connectivity index (χ1n) is 6.95. The van der Waals surface area contributed by atoms with Gasteiger partial charge >= 0.3 is 0 Å². The molecule has 5 nitrogen and oxygen atoms in total. The molecule has 1 unspecified atom stereocenters. The van der Waals surface area contributed by atoms with E-state index in [4.69, 9.17) is 9.47 Å². The highest BCUT2D eigenvalue weighted by Gasteiger charge is 2.20. The number of aliphatic hydroxyl groups excluding tert-OH is 1. The van der Waals surface area contributed by atoms with Gasteiger partial charge in [0.05, 0.1) is 20.6 Å². The molecule has 0 radical (unpaired) electrons. The molecular weight excluding hydrogens is 282 g/mol. The normalized spacial score (nSPS) is 14.2. The molecule has 22 heavy (non-hydrogen) atoms. The molecule has 1 aliphatic rings. The van der Waals surface area contributed by atoms with Gasteiger partial charge in [0, 0.05) is 5.69 Å². The average molecular weight is 299 g/mol. The Morgan fingerprint density at radius 2 is 1.73 bits per heavy atom. The van der Waals surface area contributed by atoms with E-state index in [2.05, 4.69) is 5.32 Å². The topological polar surface area (TPSA) is 67.8 Å². The molecule has 3 rings (SSSR count). The molecule has 0 aromatic heterocycles. The van der Waals surface area contributed by atoms with E-state index in [1.807, 2.05) is 18.2 Å². The zero-order chi connectivity index (χ0) is 15.7. The Kier molecular flexibility index (Phi) is 3.73. The van der Waals surface area contributed by atoms with Crippen LogP contribution in [0.4, 0.5) is 5.69 Å². The summed E-state index contributed by atoms with van der Waals surface area (Å²) in [6.45, 7) is 0. The van der Waals surface area contributed by atoms with Crippen LogP contribution in [0, 0.1) is 0 Å². The Balaban J connectivity index is 1.93. The third-order valence-corrected chi connectivity index (χ3v) is 3.79. The van der Waals surface area contributed by atoms with Crippen molar-refractivity contribution in [3.63, 3.8) is 0 Å². The monoisotopic (exact) mass is 299 g/mol. The molecule has 2 aromatic rings. The molecule has 0 bridgehead atoms. The standard InChI is InChI=1S/C17H17NO4/c1-21-14-6-4-11(8-15(14)22-2)17(20)10-3-5-13-12(7-10)9-16(19)18-13/h3-8,17,20H,9H2,1-2H3,(H,18,19). The molecule has 2 N–H and O–H groups in total. The lowest BCUT2D eigenvalue weighted by Gasteiger charge is -2.15. The average Bonchev–Trinajstić information content (AvgIpc) is 2.92. The number of carbonyl (C=O) groups excluding carboxylic acids is 1. The number of ether oxygens (including phenoxy) is 2. The summed E-state index contributed by atoms with van der Waals surface area (Å²) in [6.07, 6.45) is -0.442. The molecule has 0 saturated heterocycles. The largest absolute Gasteiger partial charge is 0.493 e. The number of benzene rings is 2. The van der Waals surface area contributed by atoms with Crippen molar-refractivity contribution in [3.8, 4) is 11.5 Å². The van der Waals surface area contributed by atoms with Crippen molar-refractivity contribution in [2.45, 2.75) is 12.5 Å². The van der Waals surface area contributed by atoms with Gasteiger partial charge in [0.25, 0.3) is 0 Å². The predicted molar refractivity (Wildman–Crippen MR) is 82.4 cm³/mol. The second-order valence-corrected chi connectivity index (χ2v) is 5.16. The molecule has 0 saturated carbocycles. The second-order valence-electron chi connectivity index (χ2n) is 5.16. The minimum atomic E-state index is -0.791. The van der Waals surface area contributed by atoms with E-state index in [-0.39, 0.29) is 5.91 Å². The van der Waals surface area contributed by atoms with Gasteiger partial charge in [0.1, 0.15) is 6.10 Å². The molecule has 1 atom stereocenters.